The summed E-state index contributed by atoms with van der Waals surface area (Å²) in [7, 11) is 0. The average Bonchev–Trinajstić information content (AvgIpc) is 3.07. The Labute approximate surface area is 131 Å². The van der Waals surface area contributed by atoms with Crippen molar-refractivity contribution in [3.8, 4) is 0 Å². The Hall–Kier alpha value is -1.27. The largest absolute Gasteiger partial charge is 0.611 e. The Kier molecular flexibility index (Phi) is 4.35. The fourth-order valence-electron chi connectivity index (χ4n) is 2.53. The monoisotopic (exact) mass is 322 g/mol. The quantitative estimate of drug-likeness (QED) is 0.628. The highest BCUT2D eigenvalue weighted by molar-refractivity contribution is 7.92. The van der Waals surface area contributed by atoms with Gasteiger partial charge in [-0.3, -0.25) is 0 Å². The minimum absolute atomic E-state index is 0.160. The van der Waals surface area contributed by atoms with Crippen molar-refractivity contribution in [3.05, 3.63) is 60.2 Å². The number of imidazole rings is 1. The van der Waals surface area contributed by atoms with Crippen LogP contribution in [0.1, 0.15) is 11.7 Å². The van der Waals surface area contributed by atoms with Crippen LogP contribution in [0, 0.1) is 0 Å². The Bertz CT molecular complexity index is 633. The number of hydrogen-bond donors (Lipinski definition) is 0. The summed E-state index contributed by atoms with van der Waals surface area (Å²) in [6.07, 6.45) is 6.76. The van der Waals surface area contributed by atoms with Crippen LogP contribution in [-0.4, -0.2) is 26.0 Å². The first-order chi connectivity index (χ1) is 10.2. The van der Waals surface area contributed by atoms with Gasteiger partial charge in [-0.2, -0.15) is 0 Å². The van der Waals surface area contributed by atoms with Crippen LogP contribution in [0.3, 0.4) is 0 Å². The number of halogens is 1. The molecule has 1 aromatic heterocycles. The van der Waals surface area contributed by atoms with Crippen LogP contribution in [0.4, 0.5) is 0 Å². The molecule has 0 spiro atoms. The highest BCUT2D eigenvalue weighted by atomic mass is 35.5. The maximum absolute atomic E-state index is 12.8. The summed E-state index contributed by atoms with van der Waals surface area (Å²) in [5.41, 5.74) is 0.949. The van der Waals surface area contributed by atoms with Crippen molar-refractivity contribution >= 4 is 22.8 Å². The molecule has 3 unspecified atom stereocenters. The van der Waals surface area contributed by atoms with Gasteiger partial charge in [0.2, 0.25) is 0 Å². The summed E-state index contributed by atoms with van der Waals surface area (Å²) in [5, 5.41) is 0.431. The van der Waals surface area contributed by atoms with E-state index in [1.54, 1.807) is 30.7 Å². The van der Waals surface area contributed by atoms with Crippen LogP contribution >= 0.6 is 11.6 Å². The first-order valence-corrected chi connectivity index (χ1v) is 8.18. The van der Waals surface area contributed by atoms with E-state index in [-0.39, 0.29) is 11.4 Å². The Morgan fingerprint density at radius 2 is 2.38 bits per heavy atom. The van der Waals surface area contributed by atoms with Crippen LogP contribution in [0.25, 0.3) is 0 Å². The van der Waals surface area contributed by atoms with Gasteiger partial charge in [0.25, 0.3) is 0 Å². The standard InChI is InChI=1S/C15H15ClN2O2S/c1-2-7-20-15-12-4-3-11(16)8-13(12)21(19)14(15)9-18-6-5-17-10-18/h2-6,8,10,14-15H,1,7,9H2. The van der Waals surface area contributed by atoms with Gasteiger partial charge in [-0.15, -0.1) is 6.58 Å². The molecule has 0 fully saturated rings. The molecule has 0 saturated heterocycles. The first-order valence-electron chi connectivity index (χ1n) is 6.59. The van der Waals surface area contributed by atoms with Gasteiger partial charge in [-0.05, 0) is 23.3 Å². The van der Waals surface area contributed by atoms with E-state index in [9.17, 15) is 4.55 Å². The molecule has 0 bridgehead atoms. The molecule has 0 saturated carbocycles. The topological polar surface area (TPSA) is 50.1 Å². The maximum atomic E-state index is 12.8. The van der Waals surface area contributed by atoms with E-state index in [0.29, 0.717) is 18.2 Å². The highest BCUT2D eigenvalue weighted by Crippen LogP contribution is 2.43. The number of nitrogens with zero attached hydrogens (tertiary/aromatic N) is 2. The lowest BCUT2D eigenvalue weighted by Crippen LogP contribution is -2.28. The second-order valence-electron chi connectivity index (χ2n) is 4.82. The molecule has 3 rings (SSSR count). The normalized spacial score (nSPS) is 24.0. The molecule has 0 radical (unpaired) electrons. The van der Waals surface area contributed by atoms with Gasteiger partial charge in [0.05, 0.1) is 19.5 Å². The lowest BCUT2D eigenvalue weighted by atomic mass is 10.1. The van der Waals surface area contributed by atoms with Crippen molar-refractivity contribution in [3.63, 3.8) is 0 Å². The van der Waals surface area contributed by atoms with Crippen LogP contribution < -0.4 is 0 Å². The smallest absolute Gasteiger partial charge is 0.169 e. The molecule has 3 atom stereocenters. The number of benzene rings is 1. The lowest BCUT2D eigenvalue weighted by Gasteiger charge is -2.20. The van der Waals surface area contributed by atoms with Crippen molar-refractivity contribution in [2.24, 2.45) is 0 Å². The van der Waals surface area contributed by atoms with Crippen molar-refractivity contribution in [2.75, 3.05) is 6.61 Å². The number of aromatic nitrogens is 2. The number of fused-ring (bicyclic) bond motifs is 1. The molecule has 1 aliphatic heterocycles. The lowest BCUT2D eigenvalue weighted by molar-refractivity contribution is 0.0692. The molecule has 0 amide bonds. The molecule has 2 aromatic rings. The molecule has 1 aliphatic rings. The third kappa shape index (κ3) is 2.87. The third-order valence-electron chi connectivity index (χ3n) is 3.46. The van der Waals surface area contributed by atoms with Gasteiger partial charge in [0, 0.05) is 29.0 Å². The minimum Gasteiger partial charge on any atom is -0.611 e. The van der Waals surface area contributed by atoms with Gasteiger partial charge in [0.1, 0.15) is 6.10 Å². The van der Waals surface area contributed by atoms with Crippen LogP contribution in [-0.2, 0) is 22.5 Å². The molecular weight excluding hydrogens is 308 g/mol. The first kappa shape index (κ1) is 14.7. The second kappa shape index (κ2) is 6.23. The summed E-state index contributed by atoms with van der Waals surface area (Å²) in [4.78, 5) is 4.79. The molecular formula is C15H15ClN2O2S. The second-order valence-corrected chi connectivity index (χ2v) is 6.90. The zero-order valence-electron chi connectivity index (χ0n) is 11.3. The summed E-state index contributed by atoms with van der Waals surface area (Å²) < 4.78 is 20.5. The summed E-state index contributed by atoms with van der Waals surface area (Å²) >= 11 is 4.87. The molecule has 4 nitrogen and oxygen atoms in total. The zero-order chi connectivity index (χ0) is 14.8. The van der Waals surface area contributed by atoms with Crippen LogP contribution in [0.15, 0.2) is 54.5 Å². The molecule has 1 aromatic carbocycles. The van der Waals surface area contributed by atoms with Crippen molar-refractivity contribution in [1.29, 1.82) is 0 Å². The highest BCUT2D eigenvalue weighted by Gasteiger charge is 2.45. The van der Waals surface area contributed by atoms with Crippen LogP contribution in [0.2, 0.25) is 5.02 Å². The van der Waals surface area contributed by atoms with E-state index >= 15 is 0 Å². The summed E-state index contributed by atoms with van der Waals surface area (Å²) in [6.45, 7) is 4.68. The molecule has 0 N–H and O–H groups in total. The van der Waals surface area contributed by atoms with Crippen molar-refractivity contribution in [2.45, 2.75) is 22.8 Å². The number of hydrogen-bond acceptors (Lipinski definition) is 3. The summed E-state index contributed by atoms with van der Waals surface area (Å²) in [5.74, 6) is 0. The zero-order valence-corrected chi connectivity index (χ0v) is 12.9. The van der Waals surface area contributed by atoms with E-state index in [1.807, 2.05) is 16.8 Å². The SMILES string of the molecule is C=CCOC1c2ccc(Cl)cc2[S+]([O-])C1Cn1ccnc1. The fourth-order valence-corrected chi connectivity index (χ4v) is 4.51. The Balaban J connectivity index is 1.92. The molecule has 6 heteroatoms. The van der Waals surface area contributed by atoms with E-state index in [4.69, 9.17) is 16.3 Å². The van der Waals surface area contributed by atoms with Gasteiger partial charge in [-0.25, -0.2) is 4.98 Å². The molecule has 2 heterocycles. The Morgan fingerprint density at radius 1 is 1.52 bits per heavy atom. The van der Waals surface area contributed by atoms with Crippen LogP contribution in [0.5, 0.6) is 0 Å². The van der Waals surface area contributed by atoms with E-state index in [0.717, 1.165) is 10.5 Å². The Morgan fingerprint density at radius 3 is 3.10 bits per heavy atom. The fraction of sp³-hybridized carbons (Fsp3) is 0.267. The van der Waals surface area contributed by atoms with E-state index < -0.39 is 11.2 Å². The predicted molar refractivity (Wildman–Crippen MR) is 82.8 cm³/mol. The van der Waals surface area contributed by atoms with Gasteiger partial charge in [0.15, 0.2) is 10.1 Å². The predicted octanol–water partition coefficient (Wildman–Crippen LogP) is 2.97. The van der Waals surface area contributed by atoms with Gasteiger partial charge in [-0.1, -0.05) is 17.7 Å². The number of ether oxygens (including phenoxy) is 1. The van der Waals surface area contributed by atoms with E-state index in [1.165, 1.54) is 0 Å². The third-order valence-corrected chi connectivity index (χ3v) is 5.42. The van der Waals surface area contributed by atoms with Gasteiger partial charge < -0.3 is 13.9 Å². The molecule has 0 aliphatic carbocycles. The maximum Gasteiger partial charge on any atom is 0.169 e. The van der Waals surface area contributed by atoms with Crippen molar-refractivity contribution < 1.29 is 9.29 Å². The van der Waals surface area contributed by atoms with E-state index in [2.05, 4.69) is 11.6 Å². The molecule has 21 heavy (non-hydrogen) atoms. The molecule has 110 valence electrons. The minimum atomic E-state index is -1.16. The summed E-state index contributed by atoms with van der Waals surface area (Å²) in [6, 6.07) is 5.48. The average molecular weight is 323 g/mol. The van der Waals surface area contributed by atoms with Gasteiger partial charge >= 0.3 is 0 Å². The number of rotatable bonds is 5. The van der Waals surface area contributed by atoms with Crippen molar-refractivity contribution in [1.82, 2.24) is 9.55 Å².